The van der Waals surface area contributed by atoms with Crippen molar-refractivity contribution in [2.45, 2.75) is 13.8 Å². The van der Waals surface area contributed by atoms with E-state index in [1.54, 1.807) is 11.3 Å². The van der Waals surface area contributed by atoms with Gasteiger partial charge in [-0.3, -0.25) is 0 Å². The maximum absolute atomic E-state index is 4.82. The second-order valence-electron chi connectivity index (χ2n) is 5.85. The highest BCUT2D eigenvalue weighted by atomic mass is 32.1. The van der Waals surface area contributed by atoms with Gasteiger partial charge < -0.3 is 9.88 Å². The first kappa shape index (κ1) is 15.8. The molecule has 3 aromatic heterocycles. The summed E-state index contributed by atoms with van der Waals surface area (Å²) in [5, 5.41) is 4.31. The Kier molecular flexibility index (Phi) is 4.24. The van der Waals surface area contributed by atoms with Gasteiger partial charge >= 0.3 is 0 Å². The van der Waals surface area contributed by atoms with Gasteiger partial charge in [-0.25, -0.2) is 9.97 Å². The van der Waals surface area contributed by atoms with Crippen LogP contribution in [0, 0.1) is 0 Å². The number of thiazole rings is 1. The molecule has 4 aromatic rings. The minimum absolute atomic E-state index is 0.897. The lowest BCUT2D eigenvalue weighted by molar-refractivity contribution is 0.860. The fourth-order valence-electron chi connectivity index (χ4n) is 3.01. The van der Waals surface area contributed by atoms with Gasteiger partial charge in [0.05, 0.1) is 11.4 Å². The molecule has 0 aliphatic carbocycles. The highest BCUT2D eigenvalue weighted by molar-refractivity contribution is 7.14. The Morgan fingerprint density at radius 1 is 0.960 bits per heavy atom. The predicted molar refractivity (Wildman–Crippen MR) is 106 cm³/mol. The van der Waals surface area contributed by atoms with Gasteiger partial charge in [0.2, 0.25) is 0 Å². The van der Waals surface area contributed by atoms with Crippen molar-refractivity contribution in [2.75, 3.05) is 18.0 Å². The fraction of sp³-hybridized carbons (Fsp3) is 0.200. The molecule has 0 unspecified atom stereocenters. The lowest BCUT2D eigenvalue weighted by Crippen LogP contribution is -2.21. The molecule has 4 rings (SSSR count). The van der Waals surface area contributed by atoms with Crippen LogP contribution in [0.5, 0.6) is 0 Å². The predicted octanol–water partition coefficient (Wildman–Crippen LogP) is 5.20. The van der Waals surface area contributed by atoms with Crippen LogP contribution in [0.4, 0.5) is 5.13 Å². The Hall–Kier alpha value is -2.66. The van der Waals surface area contributed by atoms with E-state index in [1.807, 2.05) is 24.4 Å². The number of fused-ring (bicyclic) bond motifs is 1. The van der Waals surface area contributed by atoms with E-state index < -0.39 is 0 Å². The molecule has 1 N–H and O–H groups in total. The molecule has 0 fully saturated rings. The van der Waals surface area contributed by atoms with E-state index in [9.17, 15) is 0 Å². The monoisotopic (exact) mass is 348 g/mol. The molecule has 0 aliphatic heterocycles. The average Bonchev–Trinajstić information content (AvgIpc) is 3.30. The minimum atomic E-state index is 0.897. The number of nitrogens with zero attached hydrogens (tertiary/aromatic N) is 3. The van der Waals surface area contributed by atoms with Crippen LogP contribution in [0.25, 0.3) is 33.5 Å². The molecule has 0 saturated heterocycles. The Morgan fingerprint density at radius 2 is 1.76 bits per heavy atom. The molecular weight excluding hydrogens is 328 g/mol. The van der Waals surface area contributed by atoms with Crippen LogP contribution in [0.1, 0.15) is 13.8 Å². The van der Waals surface area contributed by atoms with Crippen LogP contribution in [-0.4, -0.2) is 28.0 Å². The lowest BCUT2D eigenvalue weighted by Gasteiger charge is -2.16. The number of nitrogens with one attached hydrogen (secondary N) is 1. The first-order valence-electron chi connectivity index (χ1n) is 8.54. The van der Waals surface area contributed by atoms with E-state index in [0.717, 1.165) is 51.8 Å². The van der Waals surface area contributed by atoms with Crippen LogP contribution in [0.3, 0.4) is 0 Å². The van der Waals surface area contributed by atoms with Crippen molar-refractivity contribution in [3.8, 4) is 22.5 Å². The van der Waals surface area contributed by atoms with E-state index in [2.05, 4.69) is 53.4 Å². The molecule has 25 heavy (non-hydrogen) atoms. The first-order valence-corrected chi connectivity index (χ1v) is 9.42. The summed E-state index contributed by atoms with van der Waals surface area (Å²) >= 11 is 1.69. The van der Waals surface area contributed by atoms with Crippen molar-refractivity contribution in [3.63, 3.8) is 0 Å². The fourth-order valence-corrected chi connectivity index (χ4v) is 3.97. The molecule has 0 radical (unpaired) electrons. The number of H-pyrrole nitrogens is 1. The number of aromatic nitrogens is 3. The van der Waals surface area contributed by atoms with E-state index in [0.29, 0.717) is 0 Å². The van der Waals surface area contributed by atoms with Crippen LogP contribution < -0.4 is 4.90 Å². The molecular formula is C20H20N4S. The van der Waals surface area contributed by atoms with Gasteiger partial charge in [0, 0.05) is 41.2 Å². The topological polar surface area (TPSA) is 44.8 Å². The Balaban J connectivity index is 1.72. The number of hydrogen-bond donors (Lipinski definition) is 1. The summed E-state index contributed by atoms with van der Waals surface area (Å²) in [6, 6.07) is 14.4. The first-order chi connectivity index (χ1) is 12.3. The molecule has 0 bridgehead atoms. The number of aromatic amines is 1. The highest BCUT2D eigenvalue weighted by Gasteiger charge is 2.13. The third-order valence-corrected chi connectivity index (χ3v) is 5.31. The average molecular weight is 348 g/mol. The molecule has 0 atom stereocenters. The molecule has 126 valence electrons. The summed E-state index contributed by atoms with van der Waals surface area (Å²) in [7, 11) is 0. The Labute approximate surface area is 151 Å². The summed E-state index contributed by atoms with van der Waals surface area (Å²) in [6.07, 6.45) is 2.01. The van der Waals surface area contributed by atoms with Gasteiger partial charge in [-0.05, 0) is 26.0 Å². The maximum Gasteiger partial charge on any atom is 0.185 e. The van der Waals surface area contributed by atoms with Crippen molar-refractivity contribution >= 4 is 27.5 Å². The second kappa shape index (κ2) is 6.69. The van der Waals surface area contributed by atoms with E-state index in [1.165, 1.54) is 0 Å². The van der Waals surface area contributed by atoms with Crippen LogP contribution in [-0.2, 0) is 0 Å². The largest absolute Gasteiger partial charge is 0.349 e. The van der Waals surface area contributed by atoms with Crippen molar-refractivity contribution in [1.82, 2.24) is 15.0 Å². The van der Waals surface area contributed by atoms with E-state index in [4.69, 9.17) is 9.97 Å². The summed E-state index contributed by atoms with van der Waals surface area (Å²) < 4.78 is 0. The smallest absolute Gasteiger partial charge is 0.185 e. The highest BCUT2D eigenvalue weighted by Crippen LogP contribution is 2.32. The van der Waals surface area contributed by atoms with Crippen LogP contribution in [0.15, 0.2) is 54.0 Å². The van der Waals surface area contributed by atoms with Crippen LogP contribution >= 0.6 is 11.3 Å². The quantitative estimate of drug-likeness (QED) is 0.539. The zero-order valence-electron chi connectivity index (χ0n) is 14.4. The number of hydrogen-bond acceptors (Lipinski definition) is 4. The van der Waals surface area contributed by atoms with Crippen molar-refractivity contribution in [2.24, 2.45) is 0 Å². The molecule has 0 saturated carbocycles. The standard InChI is InChI=1S/C20H20N4S/c1-3-24(4-2)20-23-18(13-25-20)16-12-21-19-15(16)10-11-17(22-19)14-8-6-5-7-9-14/h5-13H,3-4H2,1-2H3,(H,21,22). The number of anilines is 1. The van der Waals surface area contributed by atoms with Crippen LogP contribution in [0.2, 0.25) is 0 Å². The molecule has 3 heterocycles. The molecule has 1 aromatic carbocycles. The third kappa shape index (κ3) is 2.91. The maximum atomic E-state index is 4.82. The number of pyridine rings is 1. The van der Waals surface area contributed by atoms with Crippen molar-refractivity contribution in [3.05, 3.63) is 54.0 Å². The summed E-state index contributed by atoms with van der Waals surface area (Å²) in [5.74, 6) is 0. The van der Waals surface area contributed by atoms with Gasteiger partial charge in [0.1, 0.15) is 5.65 Å². The van der Waals surface area contributed by atoms with Crippen molar-refractivity contribution < 1.29 is 0 Å². The number of rotatable bonds is 5. The van der Waals surface area contributed by atoms with E-state index in [-0.39, 0.29) is 0 Å². The van der Waals surface area contributed by atoms with Gasteiger partial charge in [0.25, 0.3) is 0 Å². The normalized spacial score (nSPS) is 11.1. The molecule has 0 spiro atoms. The van der Waals surface area contributed by atoms with Gasteiger partial charge in [-0.1, -0.05) is 30.3 Å². The molecule has 0 aliphatic rings. The summed E-state index contributed by atoms with van der Waals surface area (Å²) in [4.78, 5) is 15.2. The van der Waals surface area contributed by atoms with Crippen molar-refractivity contribution in [1.29, 1.82) is 0 Å². The Morgan fingerprint density at radius 3 is 2.52 bits per heavy atom. The molecule has 5 heteroatoms. The van der Waals surface area contributed by atoms with E-state index >= 15 is 0 Å². The summed E-state index contributed by atoms with van der Waals surface area (Å²) in [5.41, 5.74) is 5.11. The SMILES string of the molecule is CCN(CC)c1nc(-c2c[nH]c3nc(-c4ccccc4)ccc23)cs1. The zero-order chi connectivity index (χ0) is 17.2. The third-order valence-electron chi connectivity index (χ3n) is 4.41. The zero-order valence-corrected chi connectivity index (χ0v) is 15.2. The van der Waals surface area contributed by atoms with Gasteiger partial charge in [-0.15, -0.1) is 11.3 Å². The summed E-state index contributed by atoms with van der Waals surface area (Å²) in [6.45, 7) is 6.26. The Bertz CT molecular complexity index is 983. The lowest BCUT2D eigenvalue weighted by atomic mass is 10.1. The molecule has 4 nitrogen and oxygen atoms in total. The second-order valence-corrected chi connectivity index (χ2v) is 6.69. The van der Waals surface area contributed by atoms with Gasteiger partial charge in [-0.2, -0.15) is 0 Å². The minimum Gasteiger partial charge on any atom is -0.349 e. The molecule has 0 amide bonds. The van der Waals surface area contributed by atoms with Gasteiger partial charge in [0.15, 0.2) is 5.13 Å². The number of benzene rings is 1.